The molecule has 0 radical (unpaired) electrons. The van der Waals surface area contributed by atoms with Crippen LogP contribution in [0.15, 0.2) is 6.33 Å². The molecule has 6 nitrogen and oxygen atoms in total. The van der Waals surface area contributed by atoms with E-state index in [-0.39, 0.29) is 6.23 Å². The maximum absolute atomic E-state index is 5.86. The fourth-order valence-electron chi connectivity index (χ4n) is 2.89. The third-order valence-electron chi connectivity index (χ3n) is 4.31. The Hall–Kier alpha value is -0.960. The van der Waals surface area contributed by atoms with E-state index in [1.165, 1.54) is 25.7 Å². The van der Waals surface area contributed by atoms with E-state index in [1.54, 1.807) is 0 Å². The largest absolute Gasteiger partial charge is 0.365 e. The van der Waals surface area contributed by atoms with Crippen molar-refractivity contribution in [3.05, 3.63) is 10.2 Å². The smallest absolute Gasteiger partial charge is 0.194 e. The van der Waals surface area contributed by atoms with E-state index in [1.807, 2.05) is 6.33 Å². The Labute approximate surface area is 136 Å². The lowest BCUT2D eigenvalue weighted by atomic mass is 9.93. The van der Waals surface area contributed by atoms with E-state index in [0.29, 0.717) is 6.04 Å². The molecular weight excluding hydrogens is 381 g/mol. The first-order chi connectivity index (χ1) is 10.3. The Kier molecular flexibility index (Phi) is 3.70. The lowest BCUT2D eigenvalue weighted by Crippen LogP contribution is -2.27. The van der Waals surface area contributed by atoms with Crippen molar-refractivity contribution in [3.8, 4) is 0 Å². The molecule has 2 aliphatic rings. The first-order valence-electron chi connectivity index (χ1n) is 7.59. The summed E-state index contributed by atoms with van der Waals surface area (Å²) < 4.78 is 8.67. The van der Waals surface area contributed by atoms with Gasteiger partial charge in [0.25, 0.3) is 0 Å². The molecule has 21 heavy (non-hydrogen) atoms. The van der Waals surface area contributed by atoms with E-state index < -0.39 is 0 Å². The zero-order chi connectivity index (χ0) is 14.2. The number of aromatic nitrogens is 4. The quantitative estimate of drug-likeness (QED) is 0.635. The first-order valence-corrected chi connectivity index (χ1v) is 8.67. The highest BCUT2D eigenvalue weighted by Crippen LogP contribution is 2.30. The van der Waals surface area contributed by atoms with Crippen molar-refractivity contribution in [3.63, 3.8) is 0 Å². The van der Waals surface area contributed by atoms with Crippen LogP contribution in [-0.4, -0.2) is 32.2 Å². The van der Waals surface area contributed by atoms with Crippen LogP contribution in [-0.2, 0) is 4.74 Å². The van der Waals surface area contributed by atoms with Crippen molar-refractivity contribution in [2.75, 3.05) is 11.9 Å². The zero-order valence-electron chi connectivity index (χ0n) is 11.8. The Morgan fingerprint density at radius 3 is 2.81 bits per heavy atom. The van der Waals surface area contributed by atoms with Crippen molar-refractivity contribution in [1.82, 2.24) is 19.5 Å². The summed E-state index contributed by atoms with van der Waals surface area (Å²) in [5.74, 6) is 0.864. The number of fused-ring (bicyclic) bond motifs is 1. The van der Waals surface area contributed by atoms with Crippen LogP contribution in [0.3, 0.4) is 0 Å². The Balaban J connectivity index is 1.72. The van der Waals surface area contributed by atoms with Gasteiger partial charge >= 0.3 is 0 Å². The molecule has 2 fully saturated rings. The fraction of sp³-hybridized carbons (Fsp3) is 0.643. The van der Waals surface area contributed by atoms with Gasteiger partial charge in [-0.15, -0.1) is 0 Å². The minimum Gasteiger partial charge on any atom is -0.365 e. The summed E-state index contributed by atoms with van der Waals surface area (Å²) in [4.78, 5) is 13.6. The van der Waals surface area contributed by atoms with Crippen LogP contribution >= 0.6 is 22.6 Å². The van der Waals surface area contributed by atoms with Crippen LogP contribution in [0, 0.1) is 3.83 Å². The molecular formula is C14H18IN5O. The highest BCUT2D eigenvalue weighted by Gasteiger charge is 2.23. The standard InChI is InChI=1S/C14H18IN5O/c15-14-18-12(17-9-4-3-5-9)11-13(19-14)20(8-16-11)10-6-1-2-7-21-10/h8-10H,1-7H2,(H,17,18,19). The number of hydrogen-bond acceptors (Lipinski definition) is 5. The van der Waals surface area contributed by atoms with Crippen molar-refractivity contribution < 1.29 is 4.74 Å². The molecule has 0 amide bonds. The highest BCUT2D eigenvalue weighted by molar-refractivity contribution is 14.1. The molecule has 112 valence electrons. The average Bonchev–Trinajstić information content (AvgIpc) is 2.87. The summed E-state index contributed by atoms with van der Waals surface area (Å²) in [6, 6.07) is 0.537. The molecule has 2 aromatic rings. The predicted octanol–water partition coefficient (Wildman–Crippen LogP) is 3.09. The molecule has 1 N–H and O–H groups in total. The number of nitrogens with one attached hydrogen (secondary N) is 1. The van der Waals surface area contributed by atoms with Crippen molar-refractivity contribution in [1.29, 1.82) is 0 Å². The summed E-state index contributed by atoms with van der Waals surface area (Å²) in [6.07, 6.45) is 9.00. The van der Waals surface area contributed by atoms with Gasteiger partial charge in [-0.1, -0.05) is 0 Å². The molecule has 4 rings (SSSR count). The van der Waals surface area contributed by atoms with Crippen molar-refractivity contribution >= 4 is 39.6 Å². The van der Waals surface area contributed by atoms with Crippen LogP contribution < -0.4 is 5.32 Å². The van der Waals surface area contributed by atoms with Crippen molar-refractivity contribution in [2.45, 2.75) is 50.8 Å². The average molecular weight is 399 g/mol. The molecule has 0 aromatic carbocycles. The van der Waals surface area contributed by atoms with Gasteiger partial charge in [0.15, 0.2) is 20.8 Å². The van der Waals surface area contributed by atoms with E-state index in [9.17, 15) is 0 Å². The number of imidazole rings is 1. The maximum Gasteiger partial charge on any atom is 0.194 e. The SMILES string of the molecule is Ic1nc(NC2CCC2)c2ncn(C3CCCCO3)c2n1. The second-order valence-electron chi connectivity index (χ2n) is 5.76. The van der Waals surface area contributed by atoms with E-state index in [0.717, 1.165) is 40.3 Å². The van der Waals surface area contributed by atoms with E-state index in [2.05, 4.69) is 47.4 Å². The highest BCUT2D eigenvalue weighted by atomic mass is 127. The topological polar surface area (TPSA) is 64.9 Å². The minimum atomic E-state index is 0.0611. The molecule has 3 heterocycles. The van der Waals surface area contributed by atoms with Gasteiger partial charge in [0.05, 0.1) is 6.33 Å². The molecule has 0 bridgehead atoms. The summed E-state index contributed by atoms with van der Waals surface area (Å²) in [5.41, 5.74) is 1.74. The van der Waals surface area contributed by atoms with Gasteiger partial charge in [0, 0.05) is 35.2 Å². The molecule has 1 aliphatic heterocycles. The summed E-state index contributed by atoms with van der Waals surface area (Å²) in [6.45, 7) is 0.819. The summed E-state index contributed by atoms with van der Waals surface area (Å²) in [7, 11) is 0. The summed E-state index contributed by atoms with van der Waals surface area (Å²) in [5, 5.41) is 3.51. The van der Waals surface area contributed by atoms with Gasteiger partial charge in [-0.25, -0.2) is 15.0 Å². The molecule has 1 aliphatic carbocycles. The van der Waals surface area contributed by atoms with Gasteiger partial charge in [-0.05, 0) is 38.5 Å². The lowest BCUT2D eigenvalue weighted by molar-refractivity contribution is -0.0298. The summed E-state index contributed by atoms with van der Waals surface area (Å²) >= 11 is 2.17. The number of nitrogens with zero attached hydrogens (tertiary/aromatic N) is 4. The minimum absolute atomic E-state index is 0.0611. The van der Waals surface area contributed by atoms with Gasteiger partial charge in [0.2, 0.25) is 0 Å². The Morgan fingerprint density at radius 1 is 1.19 bits per heavy atom. The second-order valence-corrected chi connectivity index (χ2v) is 6.72. The number of hydrogen-bond donors (Lipinski definition) is 1. The predicted molar refractivity (Wildman–Crippen MR) is 88.1 cm³/mol. The Bertz CT molecular complexity index is 648. The van der Waals surface area contributed by atoms with Crippen molar-refractivity contribution in [2.24, 2.45) is 0 Å². The molecule has 1 atom stereocenters. The van der Waals surface area contributed by atoms with E-state index in [4.69, 9.17) is 4.74 Å². The molecule has 7 heteroatoms. The van der Waals surface area contributed by atoms with Crippen LogP contribution in [0.5, 0.6) is 0 Å². The van der Waals surface area contributed by atoms with Gasteiger partial charge in [-0.2, -0.15) is 0 Å². The molecule has 2 aromatic heterocycles. The maximum atomic E-state index is 5.86. The lowest BCUT2D eigenvalue weighted by Gasteiger charge is -2.27. The molecule has 1 saturated carbocycles. The first kappa shape index (κ1) is 13.7. The fourth-order valence-corrected chi connectivity index (χ4v) is 3.36. The molecule has 1 saturated heterocycles. The van der Waals surface area contributed by atoms with Gasteiger partial charge < -0.3 is 10.1 Å². The monoisotopic (exact) mass is 399 g/mol. The third kappa shape index (κ3) is 2.61. The van der Waals surface area contributed by atoms with E-state index >= 15 is 0 Å². The Morgan fingerprint density at radius 2 is 2.10 bits per heavy atom. The third-order valence-corrected chi connectivity index (χ3v) is 4.79. The number of halogens is 1. The van der Waals surface area contributed by atoms with Crippen LogP contribution in [0.1, 0.15) is 44.8 Å². The number of anilines is 1. The normalized spacial score (nSPS) is 23.2. The zero-order valence-corrected chi connectivity index (χ0v) is 13.9. The second kappa shape index (κ2) is 5.68. The molecule has 1 unspecified atom stereocenters. The van der Waals surface area contributed by atoms with Crippen LogP contribution in [0.4, 0.5) is 5.82 Å². The van der Waals surface area contributed by atoms with Gasteiger partial charge in [-0.3, -0.25) is 4.57 Å². The number of rotatable bonds is 3. The molecule has 0 spiro atoms. The van der Waals surface area contributed by atoms with Gasteiger partial charge in [0.1, 0.15) is 6.23 Å². The number of ether oxygens (including phenoxy) is 1. The van der Waals surface area contributed by atoms with Crippen LogP contribution in [0.25, 0.3) is 11.2 Å². The van der Waals surface area contributed by atoms with Crippen LogP contribution in [0.2, 0.25) is 0 Å².